The monoisotopic (exact) mass is 229 g/mol. The van der Waals surface area contributed by atoms with Crippen LogP contribution in [0.1, 0.15) is 6.92 Å². The number of nitro benzene ring substituents is 1. The van der Waals surface area contributed by atoms with Gasteiger partial charge in [-0.05, 0) is 6.07 Å². The van der Waals surface area contributed by atoms with E-state index in [9.17, 15) is 14.5 Å². The summed E-state index contributed by atoms with van der Waals surface area (Å²) in [6.07, 6.45) is 0. The Morgan fingerprint density at radius 2 is 2.31 bits per heavy atom. The van der Waals surface area contributed by atoms with Crippen molar-refractivity contribution < 1.29 is 19.2 Å². The first kappa shape index (κ1) is 12.4. The molecule has 1 atom stereocenters. The average molecular weight is 229 g/mol. The van der Waals surface area contributed by atoms with E-state index in [1.807, 2.05) is 0 Å². The lowest BCUT2D eigenvalue weighted by Crippen LogP contribution is -2.13. The molecule has 88 valence electrons. The molecule has 1 rings (SSSR count). The lowest BCUT2D eigenvalue weighted by atomic mass is 10.2. The SMILES string of the molecule is CC(CO)COc1c(F)cccc1[N+](=O)[O-]. The largest absolute Gasteiger partial charge is 0.484 e. The van der Waals surface area contributed by atoms with E-state index < -0.39 is 16.4 Å². The number of aliphatic hydroxyl groups is 1. The Morgan fingerprint density at radius 1 is 1.62 bits per heavy atom. The molecule has 1 unspecified atom stereocenters. The van der Waals surface area contributed by atoms with Crippen LogP contribution in [-0.4, -0.2) is 23.2 Å². The molecule has 0 bridgehead atoms. The van der Waals surface area contributed by atoms with Crippen LogP contribution in [0.3, 0.4) is 0 Å². The molecule has 0 amide bonds. The molecule has 0 aliphatic rings. The van der Waals surface area contributed by atoms with Crippen molar-refractivity contribution in [3.05, 3.63) is 34.1 Å². The number of hydrogen-bond acceptors (Lipinski definition) is 4. The van der Waals surface area contributed by atoms with E-state index in [1.165, 1.54) is 12.1 Å². The molecule has 0 radical (unpaired) electrons. The number of benzene rings is 1. The van der Waals surface area contributed by atoms with Gasteiger partial charge in [0.05, 0.1) is 11.5 Å². The second-order valence-electron chi connectivity index (χ2n) is 3.44. The summed E-state index contributed by atoms with van der Waals surface area (Å²) in [6, 6.07) is 3.50. The highest BCUT2D eigenvalue weighted by Gasteiger charge is 2.19. The molecule has 6 heteroatoms. The van der Waals surface area contributed by atoms with E-state index in [-0.39, 0.29) is 24.9 Å². The van der Waals surface area contributed by atoms with Crippen LogP contribution in [0.15, 0.2) is 18.2 Å². The standard InChI is InChI=1S/C10H12FNO4/c1-7(5-13)6-16-10-8(11)3-2-4-9(10)12(14)15/h2-4,7,13H,5-6H2,1H3. The summed E-state index contributed by atoms with van der Waals surface area (Å²) in [6.45, 7) is 1.59. The summed E-state index contributed by atoms with van der Waals surface area (Å²) in [5.41, 5.74) is -0.412. The Labute approximate surface area is 91.6 Å². The van der Waals surface area contributed by atoms with Crippen molar-refractivity contribution in [1.82, 2.24) is 0 Å². The zero-order valence-electron chi connectivity index (χ0n) is 8.72. The second kappa shape index (κ2) is 5.41. The van der Waals surface area contributed by atoms with E-state index in [2.05, 4.69) is 0 Å². The number of hydrogen-bond donors (Lipinski definition) is 1. The van der Waals surface area contributed by atoms with Crippen molar-refractivity contribution in [2.75, 3.05) is 13.2 Å². The van der Waals surface area contributed by atoms with E-state index >= 15 is 0 Å². The Hall–Kier alpha value is -1.69. The molecule has 1 aromatic carbocycles. The summed E-state index contributed by atoms with van der Waals surface area (Å²) in [4.78, 5) is 9.89. The van der Waals surface area contributed by atoms with E-state index in [4.69, 9.17) is 9.84 Å². The molecule has 0 aliphatic heterocycles. The third-order valence-corrected chi connectivity index (χ3v) is 1.97. The predicted molar refractivity (Wildman–Crippen MR) is 54.8 cm³/mol. The van der Waals surface area contributed by atoms with Crippen LogP contribution in [0.4, 0.5) is 10.1 Å². The first-order valence-corrected chi connectivity index (χ1v) is 4.72. The summed E-state index contributed by atoms with van der Waals surface area (Å²) in [7, 11) is 0. The smallest absolute Gasteiger partial charge is 0.314 e. The predicted octanol–water partition coefficient (Wildman–Crippen LogP) is 1.74. The van der Waals surface area contributed by atoms with Gasteiger partial charge >= 0.3 is 5.69 Å². The molecule has 16 heavy (non-hydrogen) atoms. The summed E-state index contributed by atoms with van der Waals surface area (Å²) < 4.78 is 18.3. The Bertz CT molecular complexity index is 383. The minimum absolute atomic E-state index is 0.0261. The first-order chi connectivity index (χ1) is 7.56. The number of halogens is 1. The fourth-order valence-corrected chi connectivity index (χ4v) is 1.06. The van der Waals surface area contributed by atoms with Crippen LogP contribution in [0.25, 0.3) is 0 Å². The Balaban J connectivity index is 2.88. The van der Waals surface area contributed by atoms with Crippen LogP contribution in [0.2, 0.25) is 0 Å². The minimum Gasteiger partial charge on any atom is -0.484 e. The van der Waals surface area contributed by atoms with Crippen LogP contribution in [0.5, 0.6) is 5.75 Å². The zero-order valence-corrected chi connectivity index (χ0v) is 8.72. The van der Waals surface area contributed by atoms with Gasteiger partial charge in [-0.2, -0.15) is 0 Å². The van der Waals surface area contributed by atoms with Gasteiger partial charge in [-0.15, -0.1) is 0 Å². The lowest BCUT2D eigenvalue weighted by molar-refractivity contribution is -0.386. The summed E-state index contributed by atoms with van der Waals surface area (Å²) in [5, 5.41) is 19.4. The number of nitro groups is 1. The Morgan fingerprint density at radius 3 is 2.88 bits per heavy atom. The fourth-order valence-electron chi connectivity index (χ4n) is 1.06. The lowest BCUT2D eigenvalue weighted by Gasteiger charge is -2.10. The van der Waals surface area contributed by atoms with Crippen LogP contribution in [0, 0.1) is 21.8 Å². The van der Waals surface area contributed by atoms with Gasteiger partial charge in [0, 0.05) is 18.6 Å². The molecule has 0 heterocycles. The van der Waals surface area contributed by atoms with Crippen LogP contribution in [-0.2, 0) is 0 Å². The van der Waals surface area contributed by atoms with Gasteiger partial charge in [0.15, 0.2) is 5.82 Å². The summed E-state index contributed by atoms with van der Waals surface area (Å²) in [5.74, 6) is -1.37. The second-order valence-corrected chi connectivity index (χ2v) is 3.44. The van der Waals surface area contributed by atoms with Gasteiger partial charge in [-0.25, -0.2) is 4.39 Å². The van der Waals surface area contributed by atoms with Gasteiger partial charge in [0.25, 0.3) is 0 Å². The normalized spacial score (nSPS) is 12.2. The van der Waals surface area contributed by atoms with Gasteiger partial charge in [0.1, 0.15) is 0 Å². The average Bonchev–Trinajstić information content (AvgIpc) is 2.26. The molecular formula is C10H12FNO4. The maximum atomic E-state index is 13.3. The van der Waals surface area contributed by atoms with E-state index in [0.29, 0.717) is 0 Å². The maximum Gasteiger partial charge on any atom is 0.314 e. The quantitative estimate of drug-likeness (QED) is 0.616. The van der Waals surface area contributed by atoms with Crippen LogP contribution >= 0.6 is 0 Å². The molecule has 0 saturated heterocycles. The highest BCUT2D eigenvalue weighted by molar-refractivity contribution is 5.46. The van der Waals surface area contributed by atoms with Crippen LogP contribution < -0.4 is 4.74 Å². The molecule has 0 saturated carbocycles. The van der Waals surface area contributed by atoms with Gasteiger partial charge < -0.3 is 9.84 Å². The number of nitrogens with zero attached hydrogens (tertiary/aromatic N) is 1. The molecule has 0 aromatic heterocycles. The third-order valence-electron chi connectivity index (χ3n) is 1.97. The topological polar surface area (TPSA) is 72.6 Å². The van der Waals surface area contributed by atoms with Crippen molar-refractivity contribution in [3.8, 4) is 5.75 Å². The van der Waals surface area contributed by atoms with Crippen molar-refractivity contribution >= 4 is 5.69 Å². The highest BCUT2D eigenvalue weighted by atomic mass is 19.1. The molecular weight excluding hydrogens is 217 g/mol. The van der Waals surface area contributed by atoms with Gasteiger partial charge in [-0.3, -0.25) is 10.1 Å². The highest BCUT2D eigenvalue weighted by Crippen LogP contribution is 2.29. The van der Waals surface area contributed by atoms with E-state index in [1.54, 1.807) is 6.92 Å². The zero-order chi connectivity index (χ0) is 12.1. The minimum atomic E-state index is -0.778. The van der Waals surface area contributed by atoms with Crippen molar-refractivity contribution in [3.63, 3.8) is 0 Å². The Kier molecular flexibility index (Phi) is 4.19. The molecule has 1 aromatic rings. The third kappa shape index (κ3) is 2.90. The number of para-hydroxylation sites is 1. The number of aliphatic hydroxyl groups excluding tert-OH is 1. The number of rotatable bonds is 5. The molecule has 0 aliphatic carbocycles. The molecule has 0 fully saturated rings. The summed E-state index contributed by atoms with van der Waals surface area (Å²) >= 11 is 0. The molecule has 0 spiro atoms. The van der Waals surface area contributed by atoms with Crippen molar-refractivity contribution in [1.29, 1.82) is 0 Å². The first-order valence-electron chi connectivity index (χ1n) is 4.72. The van der Waals surface area contributed by atoms with E-state index in [0.717, 1.165) is 6.07 Å². The number of ether oxygens (including phenoxy) is 1. The van der Waals surface area contributed by atoms with Crippen molar-refractivity contribution in [2.45, 2.75) is 6.92 Å². The fraction of sp³-hybridized carbons (Fsp3) is 0.400. The molecule has 5 nitrogen and oxygen atoms in total. The van der Waals surface area contributed by atoms with Gasteiger partial charge in [-0.1, -0.05) is 13.0 Å². The molecule has 1 N–H and O–H groups in total. The van der Waals surface area contributed by atoms with Crippen molar-refractivity contribution in [2.24, 2.45) is 5.92 Å². The maximum absolute atomic E-state index is 13.3. The van der Waals surface area contributed by atoms with Gasteiger partial charge in [0.2, 0.25) is 5.75 Å².